The number of aliphatic hydroxyl groups is 1. The molecule has 130 valence electrons. The molecule has 5 nitrogen and oxygen atoms in total. The van der Waals surface area contributed by atoms with Crippen LogP contribution in [-0.2, 0) is 14.8 Å². The van der Waals surface area contributed by atoms with Crippen LogP contribution in [0.25, 0.3) is 0 Å². The second kappa shape index (κ2) is 7.21. The number of halogens is 2. The van der Waals surface area contributed by atoms with E-state index in [1.165, 1.54) is 6.07 Å². The first-order valence-electron chi connectivity index (χ1n) is 7.45. The van der Waals surface area contributed by atoms with E-state index in [0.29, 0.717) is 5.56 Å². The number of β-amino-alcohol motifs (C(OH)–C–C–N with tert-alkyl or cyclic N) is 1. The Morgan fingerprint density at radius 3 is 2.65 bits per heavy atom. The minimum absolute atomic E-state index is 0.0388. The van der Waals surface area contributed by atoms with Gasteiger partial charge in [-0.1, -0.05) is 6.07 Å². The van der Waals surface area contributed by atoms with Crippen LogP contribution in [0, 0.1) is 11.6 Å². The molecule has 0 saturated carbocycles. The van der Waals surface area contributed by atoms with E-state index in [-0.39, 0.29) is 31.4 Å². The van der Waals surface area contributed by atoms with Gasteiger partial charge in [-0.15, -0.1) is 0 Å². The van der Waals surface area contributed by atoms with E-state index >= 15 is 0 Å². The van der Waals surface area contributed by atoms with Gasteiger partial charge in [-0.3, -0.25) is 0 Å². The molecule has 0 bridgehead atoms. The van der Waals surface area contributed by atoms with Crippen molar-refractivity contribution in [3.8, 4) is 0 Å². The van der Waals surface area contributed by atoms with Crippen LogP contribution in [0.1, 0.15) is 31.9 Å². The van der Waals surface area contributed by atoms with Gasteiger partial charge >= 0.3 is 0 Å². The molecule has 1 saturated heterocycles. The van der Waals surface area contributed by atoms with Crippen LogP contribution in [-0.4, -0.2) is 48.9 Å². The molecule has 1 N–H and O–H groups in total. The summed E-state index contributed by atoms with van der Waals surface area (Å²) in [5.74, 6) is -2.26. The quantitative estimate of drug-likeness (QED) is 0.851. The summed E-state index contributed by atoms with van der Waals surface area (Å²) in [6, 6.07) is 2.57. The number of sulfonamides is 1. The number of hydrogen-bond donors (Lipinski definition) is 1. The fraction of sp³-hybridized carbons (Fsp3) is 0.600. The van der Waals surface area contributed by atoms with E-state index in [2.05, 4.69) is 0 Å². The fourth-order valence-electron chi connectivity index (χ4n) is 2.62. The monoisotopic (exact) mass is 349 g/mol. The molecule has 0 radical (unpaired) electrons. The fourth-order valence-corrected chi connectivity index (χ4v) is 4.16. The number of benzene rings is 1. The van der Waals surface area contributed by atoms with Crippen molar-refractivity contribution < 1.29 is 27.0 Å². The van der Waals surface area contributed by atoms with E-state index in [0.717, 1.165) is 16.4 Å². The van der Waals surface area contributed by atoms with Gasteiger partial charge in [-0.25, -0.2) is 17.2 Å². The zero-order chi connectivity index (χ0) is 17.2. The Hall–Kier alpha value is -1.09. The topological polar surface area (TPSA) is 66.8 Å². The molecule has 1 heterocycles. The minimum Gasteiger partial charge on any atom is -0.392 e. The van der Waals surface area contributed by atoms with E-state index in [1.54, 1.807) is 13.8 Å². The van der Waals surface area contributed by atoms with E-state index < -0.39 is 33.8 Å². The number of ether oxygens (including phenoxy) is 1. The van der Waals surface area contributed by atoms with Crippen molar-refractivity contribution in [2.45, 2.75) is 38.5 Å². The summed E-state index contributed by atoms with van der Waals surface area (Å²) in [5.41, 5.74) is 0.328. The van der Waals surface area contributed by atoms with Crippen LogP contribution in [0.3, 0.4) is 0 Å². The lowest BCUT2D eigenvalue weighted by molar-refractivity contribution is 0.0905. The molecule has 2 atom stereocenters. The first kappa shape index (κ1) is 18.3. The van der Waals surface area contributed by atoms with Gasteiger partial charge in [0.15, 0.2) is 11.6 Å². The van der Waals surface area contributed by atoms with E-state index in [1.807, 2.05) is 0 Å². The van der Waals surface area contributed by atoms with Crippen molar-refractivity contribution in [1.29, 1.82) is 0 Å². The normalized spacial score (nSPS) is 22.9. The van der Waals surface area contributed by atoms with Gasteiger partial charge in [0.1, 0.15) is 0 Å². The van der Waals surface area contributed by atoms with Crippen molar-refractivity contribution in [1.82, 2.24) is 4.31 Å². The van der Waals surface area contributed by atoms with E-state index in [9.17, 15) is 22.3 Å². The van der Waals surface area contributed by atoms with Crippen molar-refractivity contribution in [3.05, 3.63) is 35.4 Å². The number of rotatable bonds is 6. The molecule has 1 aromatic carbocycles. The molecule has 1 aromatic rings. The zero-order valence-electron chi connectivity index (χ0n) is 13.1. The SMILES string of the molecule is CC(C)OCCS(=O)(=O)N1C[C@H](O)C[C@@H]1c1ccc(F)c(F)c1. The third-order valence-electron chi connectivity index (χ3n) is 3.71. The predicted octanol–water partition coefficient (Wildman–Crippen LogP) is 1.83. The van der Waals surface area contributed by atoms with Crippen molar-refractivity contribution in [2.75, 3.05) is 18.9 Å². The molecule has 23 heavy (non-hydrogen) atoms. The Labute approximate surface area is 134 Å². The average Bonchev–Trinajstić information content (AvgIpc) is 2.84. The summed E-state index contributed by atoms with van der Waals surface area (Å²) in [7, 11) is -3.68. The van der Waals surface area contributed by atoms with Gasteiger partial charge in [0.05, 0.1) is 30.6 Å². The summed E-state index contributed by atoms with van der Waals surface area (Å²) in [6.45, 7) is 3.58. The first-order valence-corrected chi connectivity index (χ1v) is 9.05. The molecular formula is C15H21F2NO4S. The molecule has 0 amide bonds. The highest BCUT2D eigenvalue weighted by Gasteiger charge is 2.39. The molecule has 0 unspecified atom stereocenters. The zero-order valence-corrected chi connectivity index (χ0v) is 13.9. The smallest absolute Gasteiger partial charge is 0.217 e. The number of hydrogen-bond acceptors (Lipinski definition) is 4. The Kier molecular flexibility index (Phi) is 5.72. The second-order valence-corrected chi connectivity index (χ2v) is 7.93. The summed E-state index contributed by atoms with van der Waals surface area (Å²) in [4.78, 5) is 0. The Balaban J connectivity index is 2.20. The third-order valence-corrected chi connectivity index (χ3v) is 5.51. The largest absolute Gasteiger partial charge is 0.392 e. The maximum absolute atomic E-state index is 13.4. The van der Waals surface area contributed by atoms with Gasteiger partial charge in [0.2, 0.25) is 10.0 Å². The van der Waals surface area contributed by atoms with Crippen molar-refractivity contribution >= 4 is 10.0 Å². The lowest BCUT2D eigenvalue weighted by atomic mass is 10.0. The highest BCUT2D eigenvalue weighted by Crippen LogP contribution is 2.35. The number of nitrogens with zero attached hydrogens (tertiary/aromatic N) is 1. The van der Waals surface area contributed by atoms with Gasteiger partial charge < -0.3 is 9.84 Å². The maximum atomic E-state index is 13.4. The molecule has 1 aliphatic heterocycles. The van der Waals surface area contributed by atoms with Gasteiger partial charge in [0.25, 0.3) is 0 Å². The molecule has 2 rings (SSSR count). The van der Waals surface area contributed by atoms with Gasteiger partial charge in [0, 0.05) is 6.54 Å². The van der Waals surface area contributed by atoms with Crippen LogP contribution >= 0.6 is 0 Å². The van der Waals surface area contributed by atoms with Crippen LogP contribution in [0.5, 0.6) is 0 Å². The Bertz CT molecular complexity index is 651. The average molecular weight is 349 g/mol. The van der Waals surface area contributed by atoms with Crippen LogP contribution in [0.2, 0.25) is 0 Å². The predicted molar refractivity (Wildman–Crippen MR) is 81.3 cm³/mol. The molecule has 8 heteroatoms. The second-order valence-electron chi connectivity index (χ2n) is 5.88. The van der Waals surface area contributed by atoms with Gasteiger partial charge in [-0.05, 0) is 38.0 Å². The van der Waals surface area contributed by atoms with Gasteiger partial charge in [-0.2, -0.15) is 4.31 Å². The van der Waals surface area contributed by atoms with Crippen LogP contribution < -0.4 is 0 Å². The maximum Gasteiger partial charge on any atom is 0.217 e. The highest BCUT2D eigenvalue weighted by atomic mass is 32.2. The standard InChI is InChI=1S/C15H21F2NO4S/c1-10(2)22-5-6-23(20,21)18-9-12(19)8-15(18)11-3-4-13(16)14(17)7-11/h3-4,7,10,12,15,19H,5-6,8-9H2,1-2H3/t12-,15-/m1/s1. The van der Waals surface area contributed by atoms with Crippen molar-refractivity contribution in [2.24, 2.45) is 0 Å². The molecule has 1 aliphatic rings. The lowest BCUT2D eigenvalue weighted by Crippen LogP contribution is -2.35. The Morgan fingerprint density at radius 2 is 2.04 bits per heavy atom. The summed E-state index contributed by atoms with van der Waals surface area (Å²) >= 11 is 0. The van der Waals surface area contributed by atoms with Crippen molar-refractivity contribution in [3.63, 3.8) is 0 Å². The molecule has 1 fully saturated rings. The molecule has 0 aromatic heterocycles. The third kappa shape index (κ3) is 4.47. The number of aliphatic hydroxyl groups excluding tert-OH is 1. The lowest BCUT2D eigenvalue weighted by Gasteiger charge is -2.24. The molecule has 0 spiro atoms. The summed E-state index contributed by atoms with van der Waals surface area (Å²) in [6.07, 6.45) is -0.778. The van der Waals surface area contributed by atoms with E-state index in [4.69, 9.17) is 4.74 Å². The van der Waals surface area contributed by atoms with Crippen LogP contribution in [0.15, 0.2) is 18.2 Å². The minimum atomic E-state index is -3.68. The van der Waals surface area contributed by atoms with Crippen LogP contribution in [0.4, 0.5) is 8.78 Å². The first-order chi connectivity index (χ1) is 10.7. The Morgan fingerprint density at radius 1 is 1.35 bits per heavy atom. The molecular weight excluding hydrogens is 328 g/mol. The molecule has 0 aliphatic carbocycles. The highest BCUT2D eigenvalue weighted by molar-refractivity contribution is 7.89. The summed E-state index contributed by atoms with van der Waals surface area (Å²) < 4.78 is 57.8. The summed E-state index contributed by atoms with van der Waals surface area (Å²) in [5, 5.41) is 9.83.